The van der Waals surface area contributed by atoms with Crippen LogP contribution in [0.1, 0.15) is 12.8 Å². The standard InChI is InChI=1S/C19H18ClN3O3S/c1-26-13-4-2-11(3-5-13)14-10-27-17-15(14)16(21-19(20)22-17)23-8-6-12(7-9-23)18(24)25/h2-5,10,12H,6-9H2,1H3,(H,24,25). The molecule has 3 aromatic rings. The number of piperidine rings is 1. The molecule has 0 radical (unpaired) electrons. The Morgan fingerprint density at radius 3 is 2.59 bits per heavy atom. The number of halogens is 1. The molecule has 0 atom stereocenters. The van der Waals surface area contributed by atoms with Crippen molar-refractivity contribution in [3.8, 4) is 16.9 Å². The van der Waals surface area contributed by atoms with Gasteiger partial charge >= 0.3 is 5.97 Å². The van der Waals surface area contributed by atoms with Gasteiger partial charge in [-0.3, -0.25) is 4.79 Å². The molecule has 1 aliphatic heterocycles. The average molecular weight is 404 g/mol. The summed E-state index contributed by atoms with van der Waals surface area (Å²) in [4.78, 5) is 23.1. The monoisotopic (exact) mass is 403 g/mol. The van der Waals surface area contributed by atoms with Crippen LogP contribution >= 0.6 is 22.9 Å². The fraction of sp³-hybridized carbons (Fsp3) is 0.316. The molecule has 1 saturated heterocycles. The van der Waals surface area contributed by atoms with Crippen molar-refractivity contribution in [2.45, 2.75) is 12.8 Å². The number of hydrogen-bond donors (Lipinski definition) is 1. The van der Waals surface area contributed by atoms with Crippen LogP contribution in [0.5, 0.6) is 5.75 Å². The minimum atomic E-state index is -0.727. The van der Waals surface area contributed by atoms with Gasteiger partial charge in [-0.15, -0.1) is 11.3 Å². The summed E-state index contributed by atoms with van der Waals surface area (Å²) < 4.78 is 5.24. The van der Waals surface area contributed by atoms with Gasteiger partial charge in [-0.2, -0.15) is 4.98 Å². The molecule has 6 nitrogen and oxygen atoms in total. The first-order valence-electron chi connectivity index (χ1n) is 8.63. The zero-order valence-electron chi connectivity index (χ0n) is 14.7. The third-order valence-corrected chi connectivity index (χ3v) is 5.97. The fourth-order valence-corrected chi connectivity index (χ4v) is 4.60. The van der Waals surface area contributed by atoms with E-state index in [0.717, 1.165) is 32.9 Å². The van der Waals surface area contributed by atoms with Crippen LogP contribution in [0.25, 0.3) is 21.3 Å². The molecule has 0 aliphatic carbocycles. The average Bonchev–Trinajstić information content (AvgIpc) is 3.11. The lowest BCUT2D eigenvalue weighted by atomic mass is 9.96. The summed E-state index contributed by atoms with van der Waals surface area (Å²) in [7, 11) is 1.64. The number of anilines is 1. The van der Waals surface area contributed by atoms with Gasteiger partial charge < -0.3 is 14.7 Å². The summed E-state index contributed by atoms with van der Waals surface area (Å²) in [6, 6.07) is 7.87. The van der Waals surface area contributed by atoms with Gasteiger partial charge in [0.05, 0.1) is 18.4 Å². The summed E-state index contributed by atoms with van der Waals surface area (Å²) in [6.45, 7) is 1.27. The maximum absolute atomic E-state index is 11.2. The minimum absolute atomic E-state index is 0.209. The molecule has 1 aromatic carbocycles. The van der Waals surface area contributed by atoms with Crippen molar-refractivity contribution < 1.29 is 14.6 Å². The van der Waals surface area contributed by atoms with E-state index in [1.807, 2.05) is 24.3 Å². The normalized spacial score (nSPS) is 15.3. The molecule has 1 N–H and O–H groups in total. The second-order valence-electron chi connectivity index (χ2n) is 6.47. The Balaban J connectivity index is 1.76. The van der Waals surface area contributed by atoms with Crippen molar-refractivity contribution in [3.05, 3.63) is 34.9 Å². The third-order valence-electron chi connectivity index (χ3n) is 4.93. The van der Waals surface area contributed by atoms with Crippen molar-refractivity contribution in [1.29, 1.82) is 0 Å². The summed E-state index contributed by atoms with van der Waals surface area (Å²) >= 11 is 7.69. The van der Waals surface area contributed by atoms with Gasteiger partial charge in [0.15, 0.2) is 0 Å². The Morgan fingerprint density at radius 2 is 1.96 bits per heavy atom. The van der Waals surface area contributed by atoms with Crippen LogP contribution in [0, 0.1) is 5.92 Å². The largest absolute Gasteiger partial charge is 0.497 e. The second kappa shape index (κ2) is 7.32. The van der Waals surface area contributed by atoms with Crippen LogP contribution < -0.4 is 9.64 Å². The molecule has 27 heavy (non-hydrogen) atoms. The van der Waals surface area contributed by atoms with Gasteiger partial charge in [0.2, 0.25) is 5.28 Å². The van der Waals surface area contributed by atoms with Crippen LogP contribution in [-0.2, 0) is 4.79 Å². The maximum Gasteiger partial charge on any atom is 0.306 e. The fourth-order valence-electron chi connectivity index (χ4n) is 3.45. The summed E-state index contributed by atoms with van der Waals surface area (Å²) in [5, 5.41) is 12.5. The van der Waals surface area contributed by atoms with Crippen molar-refractivity contribution in [1.82, 2.24) is 9.97 Å². The number of ether oxygens (including phenoxy) is 1. The molecule has 0 saturated carbocycles. The van der Waals surface area contributed by atoms with Gasteiger partial charge in [-0.05, 0) is 42.1 Å². The zero-order chi connectivity index (χ0) is 19.0. The number of aromatic nitrogens is 2. The van der Waals surface area contributed by atoms with E-state index in [1.54, 1.807) is 7.11 Å². The van der Waals surface area contributed by atoms with E-state index in [0.29, 0.717) is 25.9 Å². The SMILES string of the molecule is COc1ccc(-c2csc3nc(Cl)nc(N4CCC(C(=O)O)CC4)c23)cc1. The van der Waals surface area contributed by atoms with E-state index in [2.05, 4.69) is 20.2 Å². The number of aliphatic carboxylic acids is 1. The number of carbonyl (C=O) groups is 1. The van der Waals surface area contributed by atoms with E-state index >= 15 is 0 Å². The first kappa shape index (κ1) is 18.0. The number of methoxy groups -OCH3 is 1. The molecule has 2 aromatic heterocycles. The second-order valence-corrected chi connectivity index (χ2v) is 7.67. The molecule has 8 heteroatoms. The number of nitrogens with zero attached hydrogens (tertiary/aromatic N) is 3. The number of thiophene rings is 1. The number of benzene rings is 1. The molecular formula is C19H18ClN3O3S. The predicted octanol–water partition coefficient (Wildman–Crippen LogP) is 4.32. The first-order chi connectivity index (χ1) is 13.1. The van der Waals surface area contributed by atoms with Gasteiger partial charge in [-0.25, -0.2) is 4.98 Å². The van der Waals surface area contributed by atoms with Gasteiger partial charge in [0.1, 0.15) is 16.4 Å². The molecular weight excluding hydrogens is 386 g/mol. The Labute approximate surface area is 165 Å². The van der Waals surface area contributed by atoms with Crippen LogP contribution in [0.2, 0.25) is 5.28 Å². The molecule has 1 aliphatic rings. The summed E-state index contributed by atoms with van der Waals surface area (Å²) in [5.74, 6) is 0.557. The summed E-state index contributed by atoms with van der Waals surface area (Å²) in [6.07, 6.45) is 1.20. The van der Waals surface area contributed by atoms with Crippen molar-refractivity contribution in [3.63, 3.8) is 0 Å². The Kier molecular flexibility index (Phi) is 4.88. The van der Waals surface area contributed by atoms with Gasteiger partial charge in [-0.1, -0.05) is 12.1 Å². The highest BCUT2D eigenvalue weighted by Gasteiger charge is 2.27. The minimum Gasteiger partial charge on any atom is -0.497 e. The van der Waals surface area contributed by atoms with Crippen molar-refractivity contribution in [2.24, 2.45) is 5.92 Å². The lowest BCUT2D eigenvalue weighted by Gasteiger charge is -2.31. The first-order valence-corrected chi connectivity index (χ1v) is 9.89. The van der Waals surface area contributed by atoms with E-state index in [1.165, 1.54) is 11.3 Å². The van der Waals surface area contributed by atoms with E-state index in [4.69, 9.17) is 16.3 Å². The van der Waals surface area contributed by atoms with E-state index < -0.39 is 5.97 Å². The number of hydrogen-bond acceptors (Lipinski definition) is 6. The van der Waals surface area contributed by atoms with Crippen LogP contribution in [0.3, 0.4) is 0 Å². The molecule has 1 fully saturated rings. The molecule has 0 amide bonds. The molecule has 4 rings (SSSR count). The van der Waals surface area contributed by atoms with Crippen LogP contribution in [0.4, 0.5) is 5.82 Å². The van der Waals surface area contributed by atoms with Gasteiger partial charge in [0, 0.05) is 24.0 Å². The lowest BCUT2D eigenvalue weighted by molar-refractivity contribution is -0.142. The smallest absolute Gasteiger partial charge is 0.306 e. The molecule has 3 heterocycles. The maximum atomic E-state index is 11.2. The predicted molar refractivity (Wildman–Crippen MR) is 107 cm³/mol. The number of fused-ring (bicyclic) bond motifs is 1. The number of carboxylic acid groups (broad SMARTS) is 1. The number of carboxylic acids is 1. The number of rotatable bonds is 4. The lowest BCUT2D eigenvalue weighted by Crippen LogP contribution is -2.37. The molecule has 0 bridgehead atoms. The highest BCUT2D eigenvalue weighted by atomic mass is 35.5. The zero-order valence-corrected chi connectivity index (χ0v) is 16.3. The Bertz CT molecular complexity index is 982. The highest BCUT2D eigenvalue weighted by molar-refractivity contribution is 7.17. The van der Waals surface area contributed by atoms with Crippen LogP contribution in [0.15, 0.2) is 29.6 Å². The Hall–Kier alpha value is -2.38. The molecule has 0 spiro atoms. The quantitative estimate of drug-likeness (QED) is 0.654. The van der Waals surface area contributed by atoms with E-state index in [9.17, 15) is 9.90 Å². The van der Waals surface area contributed by atoms with Crippen LogP contribution in [-0.4, -0.2) is 41.2 Å². The molecule has 0 unspecified atom stereocenters. The topological polar surface area (TPSA) is 75.6 Å². The van der Waals surface area contributed by atoms with E-state index in [-0.39, 0.29) is 11.2 Å². The van der Waals surface area contributed by atoms with Gasteiger partial charge in [0.25, 0.3) is 0 Å². The highest BCUT2D eigenvalue weighted by Crippen LogP contribution is 2.40. The van der Waals surface area contributed by atoms with Crippen molar-refractivity contribution >= 4 is 44.9 Å². The third kappa shape index (κ3) is 3.44. The molecule has 140 valence electrons. The van der Waals surface area contributed by atoms with Crippen molar-refractivity contribution in [2.75, 3.05) is 25.1 Å². The summed E-state index contributed by atoms with van der Waals surface area (Å²) in [5.41, 5.74) is 2.10. The Morgan fingerprint density at radius 1 is 1.26 bits per heavy atom.